The van der Waals surface area contributed by atoms with E-state index in [1.54, 1.807) is 4.68 Å². The van der Waals surface area contributed by atoms with Gasteiger partial charge in [-0.3, -0.25) is 9.48 Å². The summed E-state index contributed by atoms with van der Waals surface area (Å²) in [5.41, 5.74) is 7.48. The van der Waals surface area contributed by atoms with Gasteiger partial charge in [0.2, 0.25) is 0 Å². The Labute approximate surface area is 114 Å². The number of hydrogen-bond acceptors (Lipinski definition) is 3. The highest BCUT2D eigenvalue weighted by atomic mass is 16.2. The number of aromatic nitrogens is 2. The van der Waals surface area contributed by atoms with Gasteiger partial charge in [0.1, 0.15) is 5.69 Å². The van der Waals surface area contributed by atoms with Crippen LogP contribution in [0.2, 0.25) is 0 Å². The van der Waals surface area contributed by atoms with Gasteiger partial charge in [0.25, 0.3) is 5.91 Å². The smallest absolute Gasteiger partial charge is 0.272 e. The molecule has 2 unspecified atom stereocenters. The summed E-state index contributed by atoms with van der Waals surface area (Å²) in [6.45, 7) is 5.56. The fourth-order valence-electron chi connectivity index (χ4n) is 2.91. The number of carbonyl (C=O) groups excluding carboxylic acids is 1. The molecule has 1 aromatic rings. The molecule has 2 N–H and O–H groups in total. The minimum absolute atomic E-state index is 0.0664. The molecule has 19 heavy (non-hydrogen) atoms. The highest BCUT2D eigenvalue weighted by Gasteiger charge is 2.32. The third-order valence-electron chi connectivity index (χ3n) is 4.13. The summed E-state index contributed by atoms with van der Waals surface area (Å²) >= 11 is 0. The lowest BCUT2D eigenvalue weighted by atomic mass is 9.90. The molecule has 5 nitrogen and oxygen atoms in total. The molecular formula is C14H24N4O. The zero-order valence-corrected chi connectivity index (χ0v) is 12.1. The third-order valence-corrected chi connectivity index (χ3v) is 4.13. The van der Waals surface area contributed by atoms with Crippen LogP contribution in [-0.4, -0.2) is 39.7 Å². The molecular weight excluding hydrogens is 240 g/mol. The molecule has 2 rings (SSSR count). The first-order valence-electron chi connectivity index (χ1n) is 7.12. The zero-order valence-electron chi connectivity index (χ0n) is 12.1. The van der Waals surface area contributed by atoms with E-state index in [-0.39, 0.29) is 11.9 Å². The topological polar surface area (TPSA) is 64.2 Å². The standard InChI is InChI=1S/C14H24N4O/c1-4-11-8-12(17(3)16-11)14(19)18-7-5-6-10(2)13(18)9-15/h8,10,13H,4-7,9,15H2,1-3H3. The van der Waals surface area contributed by atoms with E-state index in [0.717, 1.165) is 31.5 Å². The van der Waals surface area contributed by atoms with Crippen LogP contribution < -0.4 is 5.73 Å². The molecule has 0 saturated carbocycles. The molecule has 0 aliphatic carbocycles. The molecule has 0 radical (unpaired) electrons. The van der Waals surface area contributed by atoms with Crippen molar-refractivity contribution in [1.82, 2.24) is 14.7 Å². The predicted octanol–water partition coefficient (Wildman–Crippen LogP) is 1.18. The Morgan fingerprint density at radius 1 is 1.58 bits per heavy atom. The Balaban J connectivity index is 2.24. The van der Waals surface area contributed by atoms with Crippen molar-refractivity contribution in [2.75, 3.05) is 13.1 Å². The zero-order chi connectivity index (χ0) is 14.0. The fourth-order valence-corrected chi connectivity index (χ4v) is 2.91. The highest BCUT2D eigenvalue weighted by Crippen LogP contribution is 2.24. The molecule has 0 aromatic carbocycles. The minimum Gasteiger partial charge on any atom is -0.333 e. The van der Waals surface area contributed by atoms with Crippen molar-refractivity contribution in [1.29, 1.82) is 0 Å². The van der Waals surface area contributed by atoms with Crippen molar-refractivity contribution in [3.63, 3.8) is 0 Å². The van der Waals surface area contributed by atoms with Crippen LogP contribution in [0, 0.1) is 5.92 Å². The van der Waals surface area contributed by atoms with Crippen LogP contribution in [0.1, 0.15) is 42.9 Å². The van der Waals surface area contributed by atoms with Crippen LogP contribution in [0.25, 0.3) is 0 Å². The van der Waals surface area contributed by atoms with Crippen LogP contribution >= 0.6 is 0 Å². The van der Waals surface area contributed by atoms with Gasteiger partial charge in [-0.05, 0) is 31.2 Å². The maximum atomic E-state index is 12.7. The summed E-state index contributed by atoms with van der Waals surface area (Å²) in [6.07, 6.45) is 3.05. The number of amides is 1. The first kappa shape index (κ1) is 14.1. The lowest BCUT2D eigenvalue weighted by molar-refractivity contribution is 0.0521. The van der Waals surface area contributed by atoms with Crippen molar-refractivity contribution < 1.29 is 4.79 Å². The van der Waals surface area contributed by atoms with Gasteiger partial charge >= 0.3 is 0 Å². The number of piperidine rings is 1. The second-order valence-electron chi connectivity index (χ2n) is 5.42. The average Bonchev–Trinajstić information content (AvgIpc) is 2.79. The van der Waals surface area contributed by atoms with Crippen LogP contribution in [0.4, 0.5) is 0 Å². The Morgan fingerprint density at radius 3 is 2.89 bits per heavy atom. The lowest BCUT2D eigenvalue weighted by Crippen LogP contribution is -2.51. The molecule has 2 atom stereocenters. The highest BCUT2D eigenvalue weighted by molar-refractivity contribution is 5.93. The summed E-state index contributed by atoms with van der Waals surface area (Å²) in [7, 11) is 1.83. The van der Waals surface area contributed by atoms with Gasteiger partial charge in [-0.15, -0.1) is 0 Å². The van der Waals surface area contributed by atoms with Crippen molar-refractivity contribution >= 4 is 5.91 Å². The van der Waals surface area contributed by atoms with Crippen molar-refractivity contribution in [3.8, 4) is 0 Å². The van der Waals surface area contributed by atoms with Gasteiger partial charge in [-0.2, -0.15) is 5.10 Å². The first-order chi connectivity index (χ1) is 9.08. The van der Waals surface area contributed by atoms with Crippen LogP contribution in [0.5, 0.6) is 0 Å². The van der Waals surface area contributed by atoms with E-state index in [1.807, 2.05) is 24.9 Å². The second-order valence-corrected chi connectivity index (χ2v) is 5.42. The number of rotatable bonds is 3. The maximum Gasteiger partial charge on any atom is 0.272 e. The molecule has 1 saturated heterocycles. The quantitative estimate of drug-likeness (QED) is 0.891. The summed E-state index contributed by atoms with van der Waals surface area (Å²) in [4.78, 5) is 14.6. The summed E-state index contributed by atoms with van der Waals surface area (Å²) in [5, 5.41) is 4.35. The van der Waals surface area contributed by atoms with Crippen molar-refractivity contribution in [2.24, 2.45) is 18.7 Å². The van der Waals surface area contributed by atoms with Gasteiger partial charge in [0.05, 0.1) is 5.69 Å². The van der Waals surface area contributed by atoms with E-state index < -0.39 is 0 Å². The average molecular weight is 264 g/mol. The predicted molar refractivity (Wildman–Crippen MR) is 74.9 cm³/mol. The fraction of sp³-hybridized carbons (Fsp3) is 0.714. The van der Waals surface area contributed by atoms with E-state index in [0.29, 0.717) is 18.2 Å². The number of hydrogen-bond donors (Lipinski definition) is 1. The number of nitrogens with zero attached hydrogens (tertiary/aromatic N) is 3. The van der Waals surface area contributed by atoms with Gasteiger partial charge in [0.15, 0.2) is 0 Å². The monoisotopic (exact) mass is 264 g/mol. The van der Waals surface area contributed by atoms with Crippen LogP contribution in [-0.2, 0) is 13.5 Å². The van der Waals surface area contributed by atoms with E-state index >= 15 is 0 Å². The lowest BCUT2D eigenvalue weighted by Gasteiger charge is -2.39. The number of aryl methyl sites for hydroxylation is 2. The molecule has 1 fully saturated rings. The summed E-state index contributed by atoms with van der Waals surface area (Å²) in [6, 6.07) is 2.05. The summed E-state index contributed by atoms with van der Waals surface area (Å²) in [5.74, 6) is 0.540. The molecule has 1 aromatic heterocycles. The Kier molecular flexibility index (Phi) is 4.24. The Bertz CT molecular complexity index is 454. The molecule has 5 heteroatoms. The van der Waals surface area contributed by atoms with E-state index in [2.05, 4.69) is 12.0 Å². The Hall–Kier alpha value is -1.36. The van der Waals surface area contributed by atoms with E-state index in [9.17, 15) is 4.79 Å². The van der Waals surface area contributed by atoms with Crippen LogP contribution in [0.3, 0.4) is 0 Å². The first-order valence-corrected chi connectivity index (χ1v) is 7.12. The van der Waals surface area contributed by atoms with Gasteiger partial charge < -0.3 is 10.6 Å². The minimum atomic E-state index is 0.0664. The third kappa shape index (κ3) is 2.66. The second kappa shape index (κ2) is 5.74. The maximum absolute atomic E-state index is 12.7. The molecule has 2 heterocycles. The SMILES string of the molecule is CCc1cc(C(=O)N2CCCC(C)C2CN)n(C)n1. The van der Waals surface area contributed by atoms with Gasteiger partial charge in [-0.25, -0.2) is 0 Å². The molecule has 1 aliphatic rings. The van der Waals surface area contributed by atoms with Crippen molar-refractivity contribution in [3.05, 3.63) is 17.5 Å². The van der Waals surface area contributed by atoms with E-state index in [1.165, 1.54) is 0 Å². The van der Waals surface area contributed by atoms with E-state index in [4.69, 9.17) is 5.73 Å². The molecule has 0 spiro atoms. The Morgan fingerprint density at radius 2 is 2.32 bits per heavy atom. The van der Waals surface area contributed by atoms with Crippen molar-refractivity contribution in [2.45, 2.75) is 39.2 Å². The van der Waals surface area contributed by atoms with Gasteiger partial charge in [-0.1, -0.05) is 13.8 Å². The van der Waals surface area contributed by atoms with Gasteiger partial charge in [0, 0.05) is 26.2 Å². The normalized spacial score (nSPS) is 23.7. The molecule has 1 aliphatic heterocycles. The number of nitrogens with two attached hydrogens (primary N) is 1. The summed E-state index contributed by atoms with van der Waals surface area (Å²) < 4.78 is 1.69. The largest absolute Gasteiger partial charge is 0.333 e. The molecule has 1 amide bonds. The molecule has 106 valence electrons. The number of carbonyl (C=O) groups is 1. The number of likely N-dealkylation sites (tertiary alicyclic amines) is 1. The molecule has 0 bridgehead atoms. The van der Waals surface area contributed by atoms with Crippen LogP contribution in [0.15, 0.2) is 6.07 Å².